The third-order valence-corrected chi connectivity index (χ3v) is 4.83. The van der Waals surface area contributed by atoms with Gasteiger partial charge < -0.3 is 5.11 Å². The zero-order chi connectivity index (χ0) is 14.4. The van der Waals surface area contributed by atoms with E-state index in [0.717, 1.165) is 31.2 Å². The van der Waals surface area contributed by atoms with Crippen LogP contribution in [0, 0.1) is 16.7 Å². The summed E-state index contributed by atoms with van der Waals surface area (Å²) in [6, 6.07) is 12.5. The first-order chi connectivity index (χ1) is 9.69. The van der Waals surface area contributed by atoms with E-state index in [4.69, 9.17) is 0 Å². The van der Waals surface area contributed by atoms with Crippen molar-refractivity contribution in [3.8, 4) is 6.07 Å². The molecular formula is C18H25NO. The molecule has 0 aromatic heterocycles. The molecule has 0 radical (unpaired) electrons. The highest BCUT2D eigenvalue weighted by atomic mass is 16.3. The molecule has 1 aliphatic carbocycles. The summed E-state index contributed by atoms with van der Waals surface area (Å²) in [6.45, 7) is 2.04. The average Bonchev–Trinajstić information content (AvgIpc) is 2.47. The second-order valence-corrected chi connectivity index (χ2v) is 6.18. The Morgan fingerprint density at radius 1 is 1.05 bits per heavy atom. The van der Waals surface area contributed by atoms with Crippen LogP contribution >= 0.6 is 0 Å². The Morgan fingerprint density at radius 3 is 2.15 bits per heavy atom. The Kier molecular flexibility index (Phi) is 5.20. The van der Waals surface area contributed by atoms with Crippen LogP contribution in [0.4, 0.5) is 0 Å². The van der Waals surface area contributed by atoms with Crippen molar-refractivity contribution in [3.63, 3.8) is 0 Å². The van der Waals surface area contributed by atoms with Gasteiger partial charge in [0.1, 0.15) is 0 Å². The molecule has 2 unspecified atom stereocenters. The molecule has 2 rings (SSSR count). The van der Waals surface area contributed by atoms with Gasteiger partial charge in [0.15, 0.2) is 0 Å². The Balaban J connectivity index is 2.19. The minimum absolute atomic E-state index is 0.00952. The van der Waals surface area contributed by atoms with Crippen molar-refractivity contribution >= 4 is 0 Å². The van der Waals surface area contributed by atoms with Gasteiger partial charge in [-0.25, -0.2) is 0 Å². The van der Waals surface area contributed by atoms with Crippen molar-refractivity contribution in [1.29, 1.82) is 5.26 Å². The van der Waals surface area contributed by atoms with E-state index in [9.17, 15) is 10.4 Å². The lowest BCUT2D eigenvalue weighted by Gasteiger charge is -2.36. The van der Waals surface area contributed by atoms with Crippen LogP contribution in [-0.2, 0) is 0 Å². The minimum Gasteiger partial charge on any atom is -0.391 e. The Labute approximate surface area is 122 Å². The van der Waals surface area contributed by atoms with Crippen LogP contribution in [0.5, 0.6) is 0 Å². The van der Waals surface area contributed by atoms with E-state index in [-0.39, 0.29) is 5.92 Å². The van der Waals surface area contributed by atoms with Crippen LogP contribution in [0.25, 0.3) is 0 Å². The fraction of sp³-hybridized carbons (Fsp3) is 0.611. The lowest BCUT2D eigenvalue weighted by atomic mass is 9.69. The fourth-order valence-electron chi connectivity index (χ4n) is 3.43. The standard InChI is InChI=1S/C18H25NO/c1-15(16-10-6-5-7-11-16)17(20)18(14-19)12-8-3-2-4-9-13-18/h5-7,10-11,15,17,20H,2-4,8-9,12-13H2,1H3. The number of nitrogens with zero attached hydrogens (tertiary/aromatic N) is 1. The van der Waals surface area contributed by atoms with E-state index >= 15 is 0 Å². The first-order valence-electron chi connectivity index (χ1n) is 7.84. The van der Waals surface area contributed by atoms with Crippen molar-refractivity contribution in [2.24, 2.45) is 5.41 Å². The number of nitriles is 1. The number of hydrogen-bond donors (Lipinski definition) is 1. The van der Waals surface area contributed by atoms with Gasteiger partial charge in [-0.15, -0.1) is 0 Å². The molecule has 1 aromatic carbocycles. The molecular weight excluding hydrogens is 246 g/mol. The van der Waals surface area contributed by atoms with E-state index < -0.39 is 11.5 Å². The normalized spacial score (nSPS) is 22.1. The van der Waals surface area contributed by atoms with Gasteiger partial charge in [-0.1, -0.05) is 69.4 Å². The second kappa shape index (κ2) is 6.90. The third-order valence-electron chi connectivity index (χ3n) is 4.83. The summed E-state index contributed by atoms with van der Waals surface area (Å²) >= 11 is 0. The second-order valence-electron chi connectivity index (χ2n) is 6.18. The number of aliphatic hydroxyl groups is 1. The van der Waals surface area contributed by atoms with Crippen molar-refractivity contribution in [1.82, 2.24) is 0 Å². The van der Waals surface area contributed by atoms with Crippen LogP contribution in [0.3, 0.4) is 0 Å². The van der Waals surface area contributed by atoms with Crippen LogP contribution in [0.15, 0.2) is 30.3 Å². The zero-order valence-corrected chi connectivity index (χ0v) is 12.4. The highest BCUT2D eigenvalue weighted by Crippen LogP contribution is 2.41. The summed E-state index contributed by atoms with van der Waals surface area (Å²) < 4.78 is 0. The van der Waals surface area contributed by atoms with Crippen molar-refractivity contribution in [3.05, 3.63) is 35.9 Å². The Bertz CT molecular complexity index is 440. The predicted molar refractivity (Wildman–Crippen MR) is 81.2 cm³/mol. The molecule has 2 nitrogen and oxygen atoms in total. The molecule has 2 heteroatoms. The summed E-state index contributed by atoms with van der Waals surface area (Å²) in [5, 5.41) is 20.6. The molecule has 0 spiro atoms. The van der Waals surface area contributed by atoms with Gasteiger partial charge in [-0.2, -0.15) is 5.26 Å². The van der Waals surface area contributed by atoms with Gasteiger partial charge in [0, 0.05) is 5.92 Å². The molecule has 108 valence electrons. The first-order valence-corrected chi connectivity index (χ1v) is 7.84. The van der Waals surface area contributed by atoms with Gasteiger partial charge in [-0.05, 0) is 18.4 Å². The van der Waals surface area contributed by atoms with Crippen LogP contribution in [-0.4, -0.2) is 11.2 Å². The van der Waals surface area contributed by atoms with E-state index in [2.05, 4.69) is 6.07 Å². The van der Waals surface area contributed by atoms with Crippen LogP contribution < -0.4 is 0 Å². The van der Waals surface area contributed by atoms with E-state index in [0.29, 0.717) is 0 Å². The lowest BCUT2D eigenvalue weighted by Crippen LogP contribution is -2.38. The quantitative estimate of drug-likeness (QED) is 0.885. The maximum absolute atomic E-state index is 10.8. The van der Waals surface area contributed by atoms with Gasteiger partial charge >= 0.3 is 0 Å². The summed E-state index contributed by atoms with van der Waals surface area (Å²) in [5.74, 6) is 0.00952. The third kappa shape index (κ3) is 3.22. The molecule has 0 heterocycles. The molecule has 0 saturated heterocycles. The SMILES string of the molecule is CC(c1ccccc1)C(O)C1(C#N)CCCCCCC1. The Morgan fingerprint density at radius 2 is 1.60 bits per heavy atom. The maximum Gasteiger partial charge on any atom is 0.0838 e. The number of hydrogen-bond acceptors (Lipinski definition) is 2. The monoisotopic (exact) mass is 271 g/mol. The maximum atomic E-state index is 10.8. The van der Waals surface area contributed by atoms with Gasteiger partial charge in [0.05, 0.1) is 17.6 Å². The molecule has 1 aliphatic rings. The summed E-state index contributed by atoms with van der Waals surface area (Å²) in [4.78, 5) is 0. The summed E-state index contributed by atoms with van der Waals surface area (Å²) in [5.41, 5.74) is 0.562. The molecule has 20 heavy (non-hydrogen) atoms. The van der Waals surface area contributed by atoms with E-state index in [1.165, 1.54) is 19.3 Å². The molecule has 1 fully saturated rings. The number of rotatable bonds is 3. The zero-order valence-electron chi connectivity index (χ0n) is 12.4. The minimum atomic E-state index is -0.576. The van der Waals surface area contributed by atoms with Crippen LogP contribution in [0.2, 0.25) is 0 Å². The van der Waals surface area contributed by atoms with Crippen molar-refractivity contribution in [2.75, 3.05) is 0 Å². The summed E-state index contributed by atoms with van der Waals surface area (Å²) in [7, 11) is 0. The predicted octanol–water partition coefficient (Wildman–Crippen LogP) is 4.41. The van der Waals surface area contributed by atoms with Gasteiger partial charge in [0.25, 0.3) is 0 Å². The van der Waals surface area contributed by atoms with Gasteiger partial charge in [-0.3, -0.25) is 0 Å². The lowest BCUT2D eigenvalue weighted by molar-refractivity contribution is 0.0268. The molecule has 1 aromatic rings. The molecule has 0 bridgehead atoms. The average molecular weight is 271 g/mol. The highest BCUT2D eigenvalue weighted by Gasteiger charge is 2.41. The highest BCUT2D eigenvalue weighted by molar-refractivity contribution is 5.22. The van der Waals surface area contributed by atoms with Crippen molar-refractivity contribution in [2.45, 2.75) is 63.9 Å². The smallest absolute Gasteiger partial charge is 0.0838 e. The largest absolute Gasteiger partial charge is 0.391 e. The Hall–Kier alpha value is -1.33. The number of benzene rings is 1. The fourth-order valence-corrected chi connectivity index (χ4v) is 3.43. The van der Waals surface area contributed by atoms with Crippen LogP contribution in [0.1, 0.15) is 63.4 Å². The number of aliphatic hydroxyl groups excluding tert-OH is 1. The molecule has 1 N–H and O–H groups in total. The van der Waals surface area contributed by atoms with E-state index in [1.807, 2.05) is 37.3 Å². The van der Waals surface area contributed by atoms with E-state index in [1.54, 1.807) is 0 Å². The molecule has 0 amide bonds. The van der Waals surface area contributed by atoms with Gasteiger partial charge in [0.2, 0.25) is 0 Å². The molecule has 0 aliphatic heterocycles. The molecule has 1 saturated carbocycles. The first kappa shape index (κ1) is 15.1. The van der Waals surface area contributed by atoms with Crippen molar-refractivity contribution < 1.29 is 5.11 Å². The summed E-state index contributed by atoms with van der Waals surface area (Å²) in [6.07, 6.45) is 6.87. The molecule has 2 atom stereocenters. The topological polar surface area (TPSA) is 44.0 Å².